The minimum absolute atomic E-state index is 0.104. The van der Waals surface area contributed by atoms with Crippen molar-refractivity contribution in [3.8, 4) is 22.8 Å². The number of benzene rings is 1. The SMILES string of the molecule is Cc1cc(N2CCC[C@H](c3nc(-c4ccc(F)cc4)no3)C2)nc(-c2cccnc2)n1. The van der Waals surface area contributed by atoms with Gasteiger partial charge < -0.3 is 9.42 Å². The molecule has 8 heteroatoms. The Hall–Kier alpha value is -3.68. The van der Waals surface area contributed by atoms with E-state index in [4.69, 9.17) is 9.51 Å². The number of pyridine rings is 1. The summed E-state index contributed by atoms with van der Waals surface area (Å²) in [4.78, 5) is 20.4. The molecule has 0 unspecified atom stereocenters. The highest BCUT2D eigenvalue weighted by molar-refractivity contribution is 5.57. The Balaban J connectivity index is 1.38. The molecule has 0 spiro atoms. The zero-order valence-corrected chi connectivity index (χ0v) is 17.1. The smallest absolute Gasteiger partial charge is 0.231 e. The quantitative estimate of drug-likeness (QED) is 0.487. The van der Waals surface area contributed by atoms with Crippen LogP contribution in [-0.2, 0) is 0 Å². The van der Waals surface area contributed by atoms with Gasteiger partial charge in [0.15, 0.2) is 5.82 Å². The zero-order chi connectivity index (χ0) is 21.2. The third kappa shape index (κ3) is 4.14. The third-order valence-corrected chi connectivity index (χ3v) is 5.40. The van der Waals surface area contributed by atoms with Crippen molar-refractivity contribution in [1.29, 1.82) is 0 Å². The number of halogens is 1. The van der Waals surface area contributed by atoms with E-state index in [0.717, 1.165) is 48.6 Å². The normalized spacial score (nSPS) is 16.5. The first-order valence-electron chi connectivity index (χ1n) is 10.3. The van der Waals surface area contributed by atoms with Crippen LogP contribution in [0.2, 0.25) is 0 Å². The Morgan fingerprint density at radius 1 is 1.03 bits per heavy atom. The molecule has 1 saturated heterocycles. The highest BCUT2D eigenvalue weighted by Crippen LogP contribution is 2.30. The highest BCUT2D eigenvalue weighted by Gasteiger charge is 2.27. The molecule has 1 atom stereocenters. The molecule has 31 heavy (non-hydrogen) atoms. The van der Waals surface area contributed by atoms with Gasteiger partial charge in [-0.05, 0) is 56.2 Å². The minimum Gasteiger partial charge on any atom is -0.356 e. The largest absolute Gasteiger partial charge is 0.356 e. The van der Waals surface area contributed by atoms with E-state index in [0.29, 0.717) is 17.5 Å². The van der Waals surface area contributed by atoms with Crippen molar-refractivity contribution >= 4 is 5.82 Å². The van der Waals surface area contributed by atoms with E-state index in [1.165, 1.54) is 12.1 Å². The van der Waals surface area contributed by atoms with Crippen LogP contribution in [-0.4, -0.2) is 38.2 Å². The first-order chi connectivity index (χ1) is 15.2. The van der Waals surface area contributed by atoms with Crippen LogP contribution in [0.25, 0.3) is 22.8 Å². The molecule has 0 radical (unpaired) electrons. The molecule has 1 fully saturated rings. The van der Waals surface area contributed by atoms with E-state index < -0.39 is 0 Å². The molecular weight excluding hydrogens is 395 g/mol. The molecule has 5 rings (SSSR count). The lowest BCUT2D eigenvalue weighted by Gasteiger charge is -2.32. The van der Waals surface area contributed by atoms with Gasteiger partial charge >= 0.3 is 0 Å². The Morgan fingerprint density at radius 2 is 1.90 bits per heavy atom. The number of nitrogens with zero attached hydrogens (tertiary/aromatic N) is 6. The fourth-order valence-corrected chi connectivity index (χ4v) is 3.84. The second-order valence-electron chi connectivity index (χ2n) is 7.68. The summed E-state index contributed by atoms with van der Waals surface area (Å²) < 4.78 is 18.8. The summed E-state index contributed by atoms with van der Waals surface area (Å²) in [6, 6.07) is 11.9. The number of anilines is 1. The van der Waals surface area contributed by atoms with Crippen LogP contribution in [0.1, 0.15) is 30.3 Å². The summed E-state index contributed by atoms with van der Waals surface area (Å²) in [6.07, 6.45) is 5.46. The van der Waals surface area contributed by atoms with Crippen LogP contribution < -0.4 is 4.90 Å². The van der Waals surface area contributed by atoms with E-state index in [1.807, 2.05) is 25.1 Å². The Kier molecular flexibility index (Phi) is 5.11. The van der Waals surface area contributed by atoms with Crippen molar-refractivity contribution in [3.63, 3.8) is 0 Å². The number of aryl methyl sites for hydroxylation is 1. The van der Waals surface area contributed by atoms with E-state index in [2.05, 4.69) is 25.0 Å². The van der Waals surface area contributed by atoms with E-state index >= 15 is 0 Å². The molecule has 4 heterocycles. The molecule has 1 aliphatic rings. The molecule has 7 nitrogen and oxygen atoms in total. The molecule has 1 aromatic carbocycles. The predicted molar refractivity (Wildman–Crippen MR) is 114 cm³/mol. The lowest BCUT2D eigenvalue weighted by molar-refractivity contribution is 0.333. The first-order valence-corrected chi connectivity index (χ1v) is 10.3. The number of rotatable bonds is 4. The molecule has 4 aromatic rings. The molecule has 0 saturated carbocycles. The van der Waals surface area contributed by atoms with Crippen molar-refractivity contribution < 1.29 is 8.91 Å². The summed E-state index contributed by atoms with van der Waals surface area (Å²) in [6.45, 7) is 3.60. The van der Waals surface area contributed by atoms with Crippen LogP contribution in [0.3, 0.4) is 0 Å². The predicted octanol–water partition coefficient (Wildman–Crippen LogP) is 4.42. The number of piperidine rings is 1. The van der Waals surface area contributed by atoms with E-state index in [1.54, 1.807) is 24.5 Å². The molecule has 0 aliphatic carbocycles. The Morgan fingerprint density at radius 3 is 2.71 bits per heavy atom. The summed E-state index contributed by atoms with van der Waals surface area (Å²) in [5.41, 5.74) is 2.53. The Bertz CT molecular complexity index is 1180. The van der Waals surface area contributed by atoms with Gasteiger partial charge in [-0.2, -0.15) is 4.98 Å². The Labute approximate surface area is 179 Å². The molecule has 156 valence electrons. The fourth-order valence-electron chi connectivity index (χ4n) is 3.84. The van der Waals surface area contributed by atoms with Crippen LogP contribution >= 0.6 is 0 Å². The lowest BCUT2D eigenvalue weighted by Crippen LogP contribution is -2.35. The van der Waals surface area contributed by atoms with Crippen molar-refractivity contribution in [3.05, 3.63) is 72.3 Å². The van der Waals surface area contributed by atoms with Crippen LogP contribution in [0.4, 0.5) is 10.2 Å². The van der Waals surface area contributed by atoms with E-state index in [9.17, 15) is 4.39 Å². The topological polar surface area (TPSA) is 80.8 Å². The van der Waals surface area contributed by atoms with Gasteiger partial charge in [-0.1, -0.05) is 5.16 Å². The second kappa shape index (κ2) is 8.22. The average molecular weight is 416 g/mol. The van der Waals surface area contributed by atoms with Gasteiger partial charge in [0.2, 0.25) is 11.7 Å². The molecule has 1 aliphatic heterocycles. The monoisotopic (exact) mass is 416 g/mol. The first kappa shape index (κ1) is 19.3. The van der Waals surface area contributed by atoms with Crippen molar-refractivity contribution in [2.24, 2.45) is 0 Å². The standard InChI is InChI=1S/C23H21FN6O/c1-15-12-20(27-21(26-15)17-4-2-10-25-13-17)30-11-3-5-18(14-30)23-28-22(29-31-23)16-6-8-19(24)9-7-16/h2,4,6-10,12-13,18H,3,5,11,14H2,1H3/t18-/m0/s1. The fraction of sp³-hybridized carbons (Fsp3) is 0.261. The number of hydrogen-bond donors (Lipinski definition) is 0. The van der Waals surface area contributed by atoms with Crippen LogP contribution in [0.15, 0.2) is 59.4 Å². The zero-order valence-electron chi connectivity index (χ0n) is 17.1. The van der Waals surface area contributed by atoms with Gasteiger partial charge in [-0.15, -0.1) is 0 Å². The molecule has 0 N–H and O–H groups in total. The number of hydrogen-bond acceptors (Lipinski definition) is 7. The van der Waals surface area contributed by atoms with E-state index in [-0.39, 0.29) is 11.7 Å². The maximum atomic E-state index is 13.2. The van der Waals surface area contributed by atoms with Gasteiger partial charge in [0.25, 0.3) is 0 Å². The molecule has 3 aromatic heterocycles. The van der Waals surface area contributed by atoms with Crippen LogP contribution in [0, 0.1) is 12.7 Å². The molecule has 0 amide bonds. The average Bonchev–Trinajstić information content (AvgIpc) is 3.30. The third-order valence-electron chi connectivity index (χ3n) is 5.40. The molecular formula is C23H21FN6O. The summed E-state index contributed by atoms with van der Waals surface area (Å²) in [5, 5.41) is 4.10. The summed E-state index contributed by atoms with van der Waals surface area (Å²) in [7, 11) is 0. The van der Waals surface area contributed by atoms with Gasteiger partial charge in [0, 0.05) is 48.4 Å². The second-order valence-corrected chi connectivity index (χ2v) is 7.68. The maximum Gasteiger partial charge on any atom is 0.231 e. The maximum absolute atomic E-state index is 13.2. The summed E-state index contributed by atoms with van der Waals surface area (Å²) >= 11 is 0. The van der Waals surface area contributed by atoms with Crippen molar-refractivity contribution in [2.45, 2.75) is 25.7 Å². The van der Waals surface area contributed by atoms with Crippen molar-refractivity contribution in [2.75, 3.05) is 18.0 Å². The lowest BCUT2D eigenvalue weighted by atomic mass is 9.98. The van der Waals surface area contributed by atoms with Crippen molar-refractivity contribution in [1.82, 2.24) is 25.1 Å². The molecule has 0 bridgehead atoms. The highest BCUT2D eigenvalue weighted by atomic mass is 19.1. The van der Waals surface area contributed by atoms with Crippen LogP contribution in [0.5, 0.6) is 0 Å². The van der Waals surface area contributed by atoms with Gasteiger partial charge in [-0.25, -0.2) is 14.4 Å². The van der Waals surface area contributed by atoms with Gasteiger partial charge in [-0.3, -0.25) is 4.98 Å². The summed E-state index contributed by atoms with van der Waals surface area (Å²) in [5.74, 6) is 2.44. The van der Waals surface area contributed by atoms with Gasteiger partial charge in [0.1, 0.15) is 11.6 Å². The van der Waals surface area contributed by atoms with Gasteiger partial charge in [0.05, 0.1) is 5.92 Å². The number of aromatic nitrogens is 5. The minimum atomic E-state index is -0.291.